The van der Waals surface area contributed by atoms with Crippen molar-refractivity contribution in [3.05, 3.63) is 29.8 Å². The minimum absolute atomic E-state index is 0.422. The van der Waals surface area contributed by atoms with Gasteiger partial charge in [-0.1, -0.05) is 24.6 Å². The molecule has 0 radical (unpaired) electrons. The minimum Gasteiger partial charge on any atom is -0.315 e. The summed E-state index contributed by atoms with van der Waals surface area (Å²) in [7, 11) is 0. The Labute approximate surface area is 125 Å². The third-order valence-corrected chi connectivity index (χ3v) is 5.95. The Morgan fingerprint density at radius 1 is 1.21 bits per heavy atom. The third kappa shape index (κ3) is 3.68. The molecule has 1 aromatic carbocycles. The topological polar surface area (TPSA) is 12.0 Å². The van der Waals surface area contributed by atoms with E-state index in [2.05, 4.69) is 29.6 Å². The van der Waals surface area contributed by atoms with E-state index in [1.807, 2.05) is 11.8 Å². The van der Waals surface area contributed by atoms with E-state index in [0.29, 0.717) is 10.6 Å². The molecular formula is C16H22ClNS. The van der Waals surface area contributed by atoms with E-state index in [1.54, 1.807) is 0 Å². The van der Waals surface area contributed by atoms with Gasteiger partial charge in [-0.25, -0.2) is 0 Å². The molecule has 3 heteroatoms. The average Bonchev–Trinajstić information content (AvgIpc) is 2.81. The molecule has 0 saturated heterocycles. The van der Waals surface area contributed by atoms with Crippen LogP contribution in [0.5, 0.6) is 0 Å². The van der Waals surface area contributed by atoms with Crippen LogP contribution in [0.25, 0.3) is 0 Å². The number of halogens is 1. The van der Waals surface area contributed by atoms with Crippen LogP contribution in [0.15, 0.2) is 29.2 Å². The molecule has 104 valence electrons. The lowest BCUT2D eigenvalue weighted by atomic mass is 9.89. The lowest BCUT2D eigenvalue weighted by Crippen LogP contribution is -2.31. The minimum atomic E-state index is 0.422. The van der Waals surface area contributed by atoms with Crippen molar-refractivity contribution in [1.82, 2.24) is 5.32 Å². The van der Waals surface area contributed by atoms with Gasteiger partial charge < -0.3 is 5.32 Å². The van der Waals surface area contributed by atoms with Gasteiger partial charge in [0.1, 0.15) is 0 Å². The van der Waals surface area contributed by atoms with Crippen LogP contribution >= 0.6 is 23.4 Å². The first-order valence-corrected chi connectivity index (χ1v) is 8.72. The van der Waals surface area contributed by atoms with Crippen LogP contribution in [-0.4, -0.2) is 23.7 Å². The van der Waals surface area contributed by atoms with E-state index in [-0.39, 0.29) is 0 Å². The second kappa shape index (κ2) is 6.51. The number of nitrogens with one attached hydrogen (secondary N) is 1. The Balaban J connectivity index is 1.40. The highest BCUT2D eigenvalue weighted by atomic mass is 35.5. The SMILES string of the molecule is ClC1CCCC(CNCC2Cc3ccccc3S2)C1. The zero-order chi connectivity index (χ0) is 13.1. The van der Waals surface area contributed by atoms with E-state index in [1.165, 1.54) is 42.6 Å². The molecule has 0 amide bonds. The summed E-state index contributed by atoms with van der Waals surface area (Å²) in [6.07, 6.45) is 6.30. The average molecular weight is 296 g/mol. The molecule has 1 aromatic rings. The number of hydrogen-bond acceptors (Lipinski definition) is 2. The fraction of sp³-hybridized carbons (Fsp3) is 0.625. The summed E-state index contributed by atoms with van der Waals surface area (Å²) in [5.74, 6) is 0.796. The van der Waals surface area contributed by atoms with Crippen molar-refractivity contribution < 1.29 is 0 Å². The standard InChI is InChI=1S/C16H22ClNS/c17-14-6-3-4-12(8-14)10-18-11-15-9-13-5-1-2-7-16(13)19-15/h1-2,5,7,12,14-15,18H,3-4,6,8-11H2. The van der Waals surface area contributed by atoms with Crippen molar-refractivity contribution in [1.29, 1.82) is 0 Å². The van der Waals surface area contributed by atoms with Crippen LogP contribution in [-0.2, 0) is 6.42 Å². The normalized spacial score (nSPS) is 30.3. The number of alkyl halides is 1. The fourth-order valence-electron chi connectivity index (χ4n) is 3.23. The van der Waals surface area contributed by atoms with E-state index >= 15 is 0 Å². The van der Waals surface area contributed by atoms with Crippen molar-refractivity contribution in [2.45, 2.75) is 47.6 Å². The molecule has 1 aliphatic carbocycles. The molecule has 19 heavy (non-hydrogen) atoms. The van der Waals surface area contributed by atoms with Crippen LogP contribution in [0.4, 0.5) is 0 Å². The molecule has 3 rings (SSSR count). The first-order valence-electron chi connectivity index (χ1n) is 7.40. The molecular weight excluding hydrogens is 274 g/mol. The Bertz CT molecular complexity index is 398. The summed E-state index contributed by atoms with van der Waals surface area (Å²) in [6, 6.07) is 8.81. The van der Waals surface area contributed by atoms with Gasteiger partial charge in [0.25, 0.3) is 0 Å². The molecule has 1 fully saturated rings. The van der Waals surface area contributed by atoms with Crippen molar-refractivity contribution in [2.75, 3.05) is 13.1 Å². The third-order valence-electron chi connectivity index (χ3n) is 4.24. The van der Waals surface area contributed by atoms with Crippen LogP contribution in [0, 0.1) is 5.92 Å². The van der Waals surface area contributed by atoms with Crippen LogP contribution in [0.1, 0.15) is 31.2 Å². The molecule has 0 aromatic heterocycles. The summed E-state index contributed by atoms with van der Waals surface area (Å²) in [6.45, 7) is 2.28. The molecule has 0 bridgehead atoms. The van der Waals surface area contributed by atoms with Crippen molar-refractivity contribution >= 4 is 23.4 Å². The predicted octanol–water partition coefficient (Wildman–Crippen LogP) is 4.09. The lowest BCUT2D eigenvalue weighted by molar-refractivity contribution is 0.347. The van der Waals surface area contributed by atoms with Gasteiger partial charge >= 0.3 is 0 Å². The molecule has 2 aliphatic rings. The highest BCUT2D eigenvalue weighted by Crippen LogP contribution is 2.36. The summed E-state index contributed by atoms with van der Waals surface area (Å²) in [5.41, 5.74) is 1.53. The van der Waals surface area contributed by atoms with Gasteiger partial charge in [0.15, 0.2) is 0 Å². The molecule has 1 N–H and O–H groups in total. The lowest BCUT2D eigenvalue weighted by Gasteiger charge is -2.26. The maximum atomic E-state index is 6.25. The number of hydrogen-bond donors (Lipinski definition) is 1. The summed E-state index contributed by atoms with van der Waals surface area (Å²) < 4.78 is 0. The van der Waals surface area contributed by atoms with E-state index in [0.717, 1.165) is 19.0 Å². The maximum Gasteiger partial charge on any atom is 0.0339 e. The zero-order valence-corrected chi connectivity index (χ0v) is 12.8. The monoisotopic (exact) mass is 295 g/mol. The van der Waals surface area contributed by atoms with Crippen molar-refractivity contribution in [2.24, 2.45) is 5.92 Å². The molecule has 1 saturated carbocycles. The molecule has 1 heterocycles. The van der Waals surface area contributed by atoms with Gasteiger partial charge in [-0.3, -0.25) is 0 Å². The van der Waals surface area contributed by atoms with Gasteiger partial charge in [-0.05, 0) is 49.8 Å². The summed E-state index contributed by atoms with van der Waals surface area (Å²) in [4.78, 5) is 1.48. The maximum absolute atomic E-state index is 6.25. The van der Waals surface area contributed by atoms with Gasteiger partial charge in [-0.2, -0.15) is 0 Å². The van der Waals surface area contributed by atoms with Gasteiger partial charge in [0, 0.05) is 22.1 Å². The summed E-state index contributed by atoms with van der Waals surface area (Å²) >= 11 is 8.28. The molecule has 1 aliphatic heterocycles. The Morgan fingerprint density at radius 3 is 2.95 bits per heavy atom. The molecule has 0 spiro atoms. The molecule has 3 atom stereocenters. The second-order valence-electron chi connectivity index (χ2n) is 5.84. The zero-order valence-electron chi connectivity index (χ0n) is 11.3. The van der Waals surface area contributed by atoms with E-state index in [9.17, 15) is 0 Å². The number of thioether (sulfide) groups is 1. The number of benzene rings is 1. The smallest absolute Gasteiger partial charge is 0.0339 e. The van der Waals surface area contributed by atoms with Crippen LogP contribution < -0.4 is 5.32 Å². The summed E-state index contributed by atoms with van der Waals surface area (Å²) in [5, 5.41) is 4.81. The van der Waals surface area contributed by atoms with Crippen LogP contribution in [0.3, 0.4) is 0 Å². The Morgan fingerprint density at radius 2 is 2.11 bits per heavy atom. The molecule has 3 unspecified atom stereocenters. The van der Waals surface area contributed by atoms with Gasteiger partial charge in [-0.15, -0.1) is 23.4 Å². The van der Waals surface area contributed by atoms with Crippen LogP contribution in [0.2, 0.25) is 0 Å². The van der Waals surface area contributed by atoms with E-state index < -0.39 is 0 Å². The number of rotatable bonds is 4. The van der Waals surface area contributed by atoms with Gasteiger partial charge in [0.2, 0.25) is 0 Å². The highest BCUT2D eigenvalue weighted by Gasteiger charge is 2.23. The Hall–Kier alpha value is -0.180. The Kier molecular flexibility index (Phi) is 4.73. The second-order valence-corrected chi connectivity index (χ2v) is 7.80. The quantitative estimate of drug-likeness (QED) is 0.840. The number of fused-ring (bicyclic) bond motifs is 1. The van der Waals surface area contributed by atoms with Crippen molar-refractivity contribution in [3.63, 3.8) is 0 Å². The van der Waals surface area contributed by atoms with Gasteiger partial charge in [0.05, 0.1) is 0 Å². The van der Waals surface area contributed by atoms with E-state index in [4.69, 9.17) is 11.6 Å². The largest absolute Gasteiger partial charge is 0.315 e. The first kappa shape index (κ1) is 13.8. The fourth-order valence-corrected chi connectivity index (χ4v) is 4.92. The van der Waals surface area contributed by atoms with Crippen molar-refractivity contribution in [3.8, 4) is 0 Å². The predicted molar refractivity (Wildman–Crippen MR) is 84.3 cm³/mol. The molecule has 1 nitrogen and oxygen atoms in total. The first-order chi connectivity index (χ1) is 9.31. The highest BCUT2D eigenvalue weighted by molar-refractivity contribution is 8.00.